The molecule has 0 bridgehead atoms. The van der Waals surface area contributed by atoms with E-state index >= 15 is 0 Å². The molecule has 0 saturated carbocycles. The van der Waals surface area contributed by atoms with Crippen molar-refractivity contribution in [2.24, 2.45) is 0 Å². The number of allylic oxidation sites excluding steroid dienone is 2. The van der Waals surface area contributed by atoms with E-state index in [0.717, 1.165) is 51.4 Å². The van der Waals surface area contributed by atoms with Crippen LogP contribution in [0.5, 0.6) is 0 Å². The van der Waals surface area contributed by atoms with E-state index in [-0.39, 0.29) is 12.5 Å². The number of unbranched alkanes of at least 4 members (excludes halogenated alkanes) is 35. The van der Waals surface area contributed by atoms with Crippen LogP contribution in [-0.4, -0.2) is 95.4 Å². The largest absolute Gasteiger partial charge is 0.397 e. The zero-order valence-corrected chi connectivity index (χ0v) is 43.8. The molecule has 1 aliphatic heterocycles. The van der Waals surface area contributed by atoms with E-state index in [1.54, 1.807) is 0 Å². The van der Waals surface area contributed by atoms with Crippen LogP contribution in [0.25, 0.3) is 0 Å². The molecule has 12 nitrogen and oxygen atoms in total. The minimum absolute atomic E-state index is 0.228. The minimum Gasteiger partial charge on any atom is -0.394 e. The van der Waals surface area contributed by atoms with Gasteiger partial charge in [-0.15, -0.1) is 0 Å². The Labute approximate surface area is 410 Å². The number of hydrogen-bond acceptors (Lipinski definition) is 10. The quantitative estimate of drug-likeness (QED) is 0.0193. The van der Waals surface area contributed by atoms with Gasteiger partial charge in [-0.25, -0.2) is 4.18 Å². The normalized spacial score (nSPS) is 19.9. The second kappa shape index (κ2) is 44.8. The van der Waals surface area contributed by atoms with Gasteiger partial charge in [0.05, 0.1) is 25.4 Å². The van der Waals surface area contributed by atoms with Crippen molar-refractivity contribution in [2.75, 3.05) is 13.2 Å². The van der Waals surface area contributed by atoms with Gasteiger partial charge in [0.15, 0.2) is 6.29 Å². The van der Waals surface area contributed by atoms with Gasteiger partial charge in [0.2, 0.25) is 5.91 Å². The Morgan fingerprint density at radius 3 is 1.34 bits per heavy atom. The van der Waals surface area contributed by atoms with Gasteiger partial charge in [0.1, 0.15) is 24.4 Å². The molecule has 13 heteroatoms. The van der Waals surface area contributed by atoms with Crippen LogP contribution in [0.1, 0.15) is 271 Å². The molecule has 7 atom stereocenters. The van der Waals surface area contributed by atoms with Crippen molar-refractivity contribution in [1.29, 1.82) is 0 Å². The smallest absolute Gasteiger partial charge is 0.394 e. The van der Waals surface area contributed by atoms with Crippen LogP contribution in [0.4, 0.5) is 0 Å². The average molecular weight is 976 g/mol. The Bertz CT molecular complexity index is 1240. The molecule has 1 fully saturated rings. The third-order valence-corrected chi connectivity index (χ3v) is 14.0. The lowest BCUT2D eigenvalue weighted by molar-refractivity contribution is -0.298. The topological polar surface area (TPSA) is 192 Å². The maximum absolute atomic E-state index is 13.1. The van der Waals surface area contributed by atoms with Crippen molar-refractivity contribution in [3.8, 4) is 0 Å². The molecule has 67 heavy (non-hydrogen) atoms. The summed E-state index contributed by atoms with van der Waals surface area (Å²) >= 11 is 0. The Kier molecular flexibility index (Phi) is 42.7. The number of amides is 1. The molecule has 0 aromatic carbocycles. The van der Waals surface area contributed by atoms with Crippen LogP contribution in [0.2, 0.25) is 0 Å². The van der Waals surface area contributed by atoms with Crippen LogP contribution in [-0.2, 0) is 28.9 Å². The van der Waals surface area contributed by atoms with Gasteiger partial charge in [-0.05, 0) is 38.5 Å². The Morgan fingerprint density at radius 2 is 0.955 bits per heavy atom. The maximum atomic E-state index is 13.1. The molecular formula is C54H105NO11S. The zero-order valence-electron chi connectivity index (χ0n) is 43.0. The van der Waals surface area contributed by atoms with Gasteiger partial charge in [-0.3, -0.25) is 9.35 Å². The highest BCUT2D eigenvalue weighted by molar-refractivity contribution is 7.80. The summed E-state index contributed by atoms with van der Waals surface area (Å²) in [5.74, 6) is -0.228. The Balaban J connectivity index is 2.22. The fourth-order valence-electron chi connectivity index (χ4n) is 9.22. The Hall–Kier alpha value is -1.16. The second-order valence-corrected chi connectivity index (χ2v) is 20.9. The van der Waals surface area contributed by atoms with Gasteiger partial charge in [0, 0.05) is 6.42 Å². The van der Waals surface area contributed by atoms with E-state index in [9.17, 15) is 38.2 Å². The summed E-state index contributed by atoms with van der Waals surface area (Å²) in [6.07, 6.45) is 43.9. The van der Waals surface area contributed by atoms with E-state index in [2.05, 4.69) is 35.5 Å². The van der Waals surface area contributed by atoms with Gasteiger partial charge < -0.3 is 35.2 Å². The summed E-state index contributed by atoms with van der Waals surface area (Å²) in [7, 11) is -5.07. The molecule has 1 aliphatic rings. The molecule has 398 valence electrons. The van der Waals surface area contributed by atoms with Gasteiger partial charge in [0.25, 0.3) is 0 Å². The Morgan fingerprint density at radius 1 is 0.582 bits per heavy atom. The highest BCUT2D eigenvalue weighted by atomic mass is 32.3. The predicted octanol–water partition coefficient (Wildman–Crippen LogP) is 12.7. The van der Waals surface area contributed by atoms with Crippen LogP contribution < -0.4 is 5.32 Å². The first-order valence-corrected chi connectivity index (χ1v) is 29.4. The fraction of sp³-hybridized carbons (Fsp3) is 0.944. The summed E-state index contributed by atoms with van der Waals surface area (Å²) in [5.41, 5.74) is 0. The van der Waals surface area contributed by atoms with Crippen molar-refractivity contribution in [1.82, 2.24) is 5.32 Å². The standard InChI is InChI=1S/C54H105NO11S/c1-3-5-7-9-11-13-15-16-17-18-19-20-21-22-23-24-25-26-27-28-29-30-31-32-33-34-36-38-40-42-44-50(58)55-47(48(57)43-41-39-37-35-14-12-10-8-6-4-2)46-64-54-52(60)53(66-67(61,62)63)51(59)49(45-56)65-54/h22-23,47-49,51-54,56-57,59-60H,3-21,24-46H2,1-2H3,(H,55,58)(H,61,62,63)/b23-22-. The summed E-state index contributed by atoms with van der Waals surface area (Å²) in [5, 5.41) is 44.9. The highest BCUT2D eigenvalue weighted by Gasteiger charge is 2.48. The van der Waals surface area contributed by atoms with E-state index in [4.69, 9.17) is 9.47 Å². The molecule has 1 heterocycles. The van der Waals surface area contributed by atoms with Crippen LogP contribution in [0, 0.1) is 0 Å². The average Bonchev–Trinajstić information content (AvgIpc) is 3.30. The molecule has 0 aliphatic carbocycles. The number of nitrogens with one attached hydrogen (secondary N) is 1. The van der Waals surface area contributed by atoms with Crippen molar-refractivity contribution in [3.05, 3.63) is 12.2 Å². The first-order valence-electron chi connectivity index (χ1n) is 28.1. The molecule has 0 spiro atoms. The molecular weight excluding hydrogens is 871 g/mol. The minimum atomic E-state index is -5.07. The van der Waals surface area contributed by atoms with E-state index in [0.29, 0.717) is 12.8 Å². The van der Waals surface area contributed by atoms with Gasteiger partial charge in [-0.1, -0.05) is 238 Å². The van der Waals surface area contributed by atoms with Crippen LogP contribution in [0.3, 0.4) is 0 Å². The van der Waals surface area contributed by atoms with E-state index < -0.39 is 59.9 Å². The number of rotatable bonds is 49. The van der Waals surface area contributed by atoms with Crippen molar-refractivity contribution < 1.29 is 51.8 Å². The molecule has 0 aromatic rings. The van der Waals surface area contributed by atoms with Crippen LogP contribution in [0.15, 0.2) is 12.2 Å². The number of aliphatic hydroxyl groups excluding tert-OH is 4. The SMILES string of the molecule is CCCCCCCCCCCCCC/C=C\CCCCCCCCCCCCCCCCC(=O)NC(COC1OC(CO)C(O)C(OS(=O)(=O)O)C1O)C(O)CCCCCCCCCCCC. The first kappa shape index (κ1) is 63.9. The monoisotopic (exact) mass is 976 g/mol. The molecule has 1 saturated heterocycles. The van der Waals surface area contributed by atoms with Crippen LogP contribution >= 0.6 is 0 Å². The zero-order chi connectivity index (χ0) is 49.1. The molecule has 1 amide bonds. The molecule has 6 N–H and O–H groups in total. The number of carbonyl (C=O) groups is 1. The lowest BCUT2D eigenvalue weighted by atomic mass is 9.99. The number of carbonyl (C=O) groups excluding carboxylic acids is 1. The summed E-state index contributed by atoms with van der Waals surface area (Å²) < 4.78 is 47.7. The van der Waals surface area contributed by atoms with Crippen molar-refractivity contribution in [3.63, 3.8) is 0 Å². The van der Waals surface area contributed by atoms with Gasteiger partial charge in [-0.2, -0.15) is 8.42 Å². The van der Waals surface area contributed by atoms with E-state index in [1.165, 1.54) is 193 Å². The summed E-state index contributed by atoms with van der Waals surface area (Å²) in [4.78, 5) is 13.1. The highest BCUT2D eigenvalue weighted by Crippen LogP contribution is 2.26. The third-order valence-electron chi connectivity index (χ3n) is 13.6. The number of hydrogen-bond donors (Lipinski definition) is 6. The molecule has 7 unspecified atom stereocenters. The summed E-state index contributed by atoms with van der Waals surface area (Å²) in [6.45, 7) is 3.45. The molecule has 0 radical (unpaired) electrons. The maximum Gasteiger partial charge on any atom is 0.397 e. The van der Waals surface area contributed by atoms with Gasteiger partial charge >= 0.3 is 10.4 Å². The van der Waals surface area contributed by atoms with Crippen molar-refractivity contribution >= 4 is 16.3 Å². The lowest BCUT2D eigenvalue weighted by Crippen LogP contribution is -2.61. The third kappa shape index (κ3) is 37.3. The molecule has 1 rings (SSSR count). The fourth-order valence-corrected chi connectivity index (χ4v) is 9.73. The van der Waals surface area contributed by atoms with Crippen molar-refractivity contribution in [2.45, 2.75) is 314 Å². The number of aliphatic hydroxyl groups is 4. The van der Waals surface area contributed by atoms with E-state index in [1.807, 2.05) is 0 Å². The first-order chi connectivity index (χ1) is 32.5. The summed E-state index contributed by atoms with van der Waals surface area (Å²) in [6, 6.07) is -0.854. The second-order valence-electron chi connectivity index (χ2n) is 19.9. The lowest BCUT2D eigenvalue weighted by Gasteiger charge is -2.41. The predicted molar refractivity (Wildman–Crippen MR) is 273 cm³/mol. The molecule has 0 aromatic heterocycles. The number of ether oxygens (including phenoxy) is 2.